The molecule has 1 unspecified atom stereocenters. The zero-order valence-electron chi connectivity index (χ0n) is 12.7. The number of benzene rings is 1. The quantitative estimate of drug-likeness (QED) is 0.802. The first kappa shape index (κ1) is 16.8. The molecule has 1 aromatic carbocycles. The summed E-state index contributed by atoms with van der Waals surface area (Å²) < 4.78 is 22.7. The number of anilines is 2. The van der Waals surface area contributed by atoms with Gasteiger partial charge in [-0.1, -0.05) is 0 Å². The molecule has 0 saturated heterocycles. The molecule has 22 heavy (non-hydrogen) atoms. The molecule has 0 spiro atoms. The number of nitrogens with zero attached hydrogens (tertiary/aromatic N) is 1. The first-order valence-electron chi connectivity index (χ1n) is 7.27. The maximum Gasteiger partial charge on any atom is 0.173 e. The molecule has 120 valence electrons. The van der Waals surface area contributed by atoms with Crippen molar-refractivity contribution in [2.75, 3.05) is 29.1 Å². The van der Waals surface area contributed by atoms with E-state index in [1.54, 1.807) is 6.08 Å². The normalized spacial score (nSPS) is 18.9. The monoisotopic (exact) mass is 339 g/mol. The molecule has 0 radical (unpaired) electrons. The van der Waals surface area contributed by atoms with Crippen molar-refractivity contribution in [3.63, 3.8) is 0 Å². The van der Waals surface area contributed by atoms with E-state index in [4.69, 9.17) is 12.2 Å². The van der Waals surface area contributed by atoms with Gasteiger partial charge < -0.3 is 15.5 Å². The zero-order valence-corrected chi connectivity index (χ0v) is 14.4. The second-order valence-corrected chi connectivity index (χ2v) is 7.42. The first-order chi connectivity index (χ1) is 10.4. The van der Waals surface area contributed by atoms with Crippen LogP contribution in [-0.4, -0.2) is 38.4 Å². The van der Waals surface area contributed by atoms with Crippen LogP contribution in [0.2, 0.25) is 0 Å². The Morgan fingerprint density at radius 3 is 2.41 bits per heavy atom. The van der Waals surface area contributed by atoms with Crippen LogP contribution in [0, 0.1) is 0 Å². The van der Waals surface area contributed by atoms with Crippen LogP contribution < -0.4 is 15.5 Å². The van der Waals surface area contributed by atoms with Crippen LogP contribution in [0.3, 0.4) is 0 Å². The Kier molecular flexibility index (Phi) is 5.42. The SMILES string of the molecule is CCN(CC)c1ccc(NC(=S)NC2C=CS(=O)(=O)C2)cc1. The van der Waals surface area contributed by atoms with Gasteiger partial charge in [-0.05, 0) is 56.4 Å². The third kappa shape index (κ3) is 4.45. The van der Waals surface area contributed by atoms with Crippen LogP contribution in [0.1, 0.15) is 13.8 Å². The Morgan fingerprint density at radius 2 is 1.91 bits per heavy atom. The molecule has 1 aromatic rings. The average molecular weight is 339 g/mol. The summed E-state index contributed by atoms with van der Waals surface area (Å²) in [7, 11) is -3.07. The van der Waals surface area contributed by atoms with Crippen molar-refractivity contribution >= 4 is 38.5 Å². The van der Waals surface area contributed by atoms with Gasteiger partial charge in [-0.15, -0.1) is 0 Å². The van der Waals surface area contributed by atoms with E-state index < -0.39 is 9.84 Å². The fraction of sp³-hybridized carbons (Fsp3) is 0.400. The number of hydrogen-bond acceptors (Lipinski definition) is 4. The summed E-state index contributed by atoms with van der Waals surface area (Å²) in [5.41, 5.74) is 2.04. The molecular formula is C15H21N3O2S2. The fourth-order valence-electron chi connectivity index (χ4n) is 2.35. The average Bonchev–Trinajstić information content (AvgIpc) is 2.81. The van der Waals surface area contributed by atoms with Gasteiger partial charge in [0.2, 0.25) is 0 Å². The van der Waals surface area contributed by atoms with Crippen molar-refractivity contribution in [1.29, 1.82) is 0 Å². The number of rotatable bonds is 5. The van der Waals surface area contributed by atoms with Crippen molar-refractivity contribution in [1.82, 2.24) is 5.32 Å². The van der Waals surface area contributed by atoms with E-state index in [9.17, 15) is 8.42 Å². The van der Waals surface area contributed by atoms with E-state index in [1.165, 1.54) is 11.1 Å². The highest BCUT2D eigenvalue weighted by Gasteiger charge is 2.21. The van der Waals surface area contributed by atoms with Gasteiger partial charge in [0.25, 0.3) is 0 Å². The summed E-state index contributed by atoms with van der Waals surface area (Å²) in [5, 5.41) is 7.71. The van der Waals surface area contributed by atoms with Gasteiger partial charge in [0.05, 0.1) is 11.8 Å². The summed E-state index contributed by atoms with van der Waals surface area (Å²) in [6.07, 6.45) is 1.62. The molecule has 1 atom stereocenters. The number of hydrogen-bond donors (Lipinski definition) is 2. The Bertz CT molecular complexity index is 650. The molecule has 7 heteroatoms. The molecule has 0 bridgehead atoms. The van der Waals surface area contributed by atoms with E-state index in [0.29, 0.717) is 5.11 Å². The number of sulfone groups is 1. The molecule has 2 N–H and O–H groups in total. The summed E-state index contributed by atoms with van der Waals surface area (Å²) in [6, 6.07) is 7.74. The third-order valence-electron chi connectivity index (χ3n) is 3.50. The molecule has 1 aliphatic rings. The van der Waals surface area contributed by atoms with Crippen LogP contribution in [0.4, 0.5) is 11.4 Å². The van der Waals surface area contributed by atoms with E-state index >= 15 is 0 Å². The molecule has 0 aliphatic carbocycles. The lowest BCUT2D eigenvalue weighted by Gasteiger charge is -2.21. The van der Waals surface area contributed by atoms with Gasteiger partial charge in [-0.25, -0.2) is 8.42 Å². The molecular weight excluding hydrogens is 318 g/mol. The predicted octanol–water partition coefficient (Wildman–Crippen LogP) is 2.13. The van der Waals surface area contributed by atoms with Crippen LogP contribution in [0.25, 0.3) is 0 Å². The lowest BCUT2D eigenvalue weighted by Crippen LogP contribution is -2.38. The van der Waals surface area contributed by atoms with E-state index in [0.717, 1.165) is 18.8 Å². The van der Waals surface area contributed by atoms with Gasteiger partial charge in [0.1, 0.15) is 0 Å². The molecule has 0 aromatic heterocycles. The topological polar surface area (TPSA) is 61.4 Å². The van der Waals surface area contributed by atoms with Crippen molar-refractivity contribution in [2.45, 2.75) is 19.9 Å². The second-order valence-electron chi connectivity index (χ2n) is 5.08. The van der Waals surface area contributed by atoms with Gasteiger partial charge >= 0.3 is 0 Å². The molecule has 0 amide bonds. The number of nitrogens with one attached hydrogen (secondary N) is 2. The molecule has 0 fully saturated rings. The van der Waals surface area contributed by atoms with Gasteiger partial charge in [-0.3, -0.25) is 0 Å². The minimum Gasteiger partial charge on any atom is -0.372 e. The Morgan fingerprint density at radius 1 is 1.27 bits per heavy atom. The Labute approximate surface area is 137 Å². The maximum atomic E-state index is 11.3. The smallest absolute Gasteiger partial charge is 0.173 e. The fourth-order valence-corrected chi connectivity index (χ4v) is 3.85. The van der Waals surface area contributed by atoms with Crippen molar-refractivity contribution in [2.24, 2.45) is 0 Å². The minimum absolute atomic E-state index is 0.0513. The largest absolute Gasteiger partial charge is 0.372 e. The van der Waals surface area contributed by atoms with E-state index in [-0.39, 0.29) is 11.8 Å². The summed E-state index contributed by atoms with van der Waals surface area (Å²) >= 11 is 5.22. The van der Waals surface area contributed by atoms with Crippen LogP contribution in [0.5, 0.6) is 0 Å². The van der Waals surface area contributed by atoms with Crippen LogP contribution in [-0.2, 0) is 9.84 Å². The molecule has 0 saturated carbocycles. The van der Waals surface area contributed by atoms with Crippen molar-refractivity contribution in [3.05, 3.63) is 35.7 Å². The van der Waals surface area contributed by atoms with Gasteiger partial charge in [-0.2, -0.15) is 0 Å². The molecule has 1 aliphatic heterocycles. The van der Waals surface area contributed by atoms with Crippen LogP contribution in [0.15, 0.2) is 35.7 Å². The van der Waals surface area contributed by atoms with Gasteiger partial charge in [0, 0.05) is 29.9 Å². The lowest BCUT2D eigenvalue weighted by molar-refractivity contribution is 0.603. The predicted molar refractivity (Wildman–Crippen MR) is 96.1 cm³/mol. The lowest BCUT2D eigenvalue weighted by atomic mass is 10.2. The highest BCUT2D eigenvalue weighted by atomic mass is 32.2. The Hall–Kier alpha value is -1.60. The number of thiocarbonyl (C=S) groups is 1. The first-order valence-corrected chi connectivity index (χ1v) is 9.39. The standard InChI is InChI=1S/C15H21N3O2S2/c1-3-18(4-2)14-7-5-12(6-8-14)16-15(21)17-13-9-10-22(19,20)11-13/h5-10,13H,3-4,11H2,1-2H3,(H2,16,17,21). The highest BCUT2D eigenvalue weighted by molar-refractivity contribution is 7.94. The maximum absolute atomic E-state index is 11.3. The second kappa shape index (κ2) is 7.11. The third-order valence-corrected chi connectivity index (χ3v) is 5.12. The van der Waals surface area contributed by atoms with Crippen LogP contribution >= 0.6 is 12.2 Å². The molecule has 2 rings (SSSR count). The van der Waals surface area contributed by atoms with Gasteiger partial charge in [0.15, 0.2) is 14.9 Å². The van der Waals surface area contributed by atoms with E-state index in [1.807, 2.05) is 24.3 Å². The highest BCUT2D eigenvalue weighted by Crippen LogP contribution is 2.17. The minimum atomic E-state index is -3.07. The van der Waals surface area contributed by atoms with E-state index in [2.05, 4.69) is 29.4 Å². The Balaban J connectivity index is 1.91. The van der Waals surface area contributed by atoms with Crippen molar-refractivity contribution in [3.8, 4) is 0 Å². The summed E-state index contributed by atoms with van der Waals surface area (Å²) in [5.74, 6) is 0.0513. The summed E-state index contributed by atoms with van der Waals surface area (Å²) in [6.45, 7) is 6.17. The summed E-state index contributed by atoms with van der Waals surface area (Å²) in [4.78, 5) is 2.26. The molecule has 5 nitrogen and oxygen atoms in total. The zero-order chi connectivity index (χ0) is 16.2. The van der Waals surface area contributed by atoms with Crippen molar-refractivity contribution < 1.29 is 8.42 Å². The molecule has 1 heterocycles.